The van der Waals surface area contributed by atoms with Crippen molar-refractivity contribution in [2.75, 3.05) is 6.54 Å². The fourth-order valence-corrected chi connectivity index (χ4v) is 2.68. The summed E-state index contributed by atoms with van der Waals surface area (Å²) in [5.74, 6) is 1.93. The zero-order valence-corrected chi connectivity index (χ0v) is 10.9. The molecular formula is C14H23N3. The lowest BCUT2D eigenvalue weighted by molar-refractivity contribution is 0.606. The molecule has 0 spiro atoms. The fraction of sp³-hybridized carbons (Fsp3) is 0.714. The van der Waals surface area contributed by atoms with E-state index >= 15 is 0 Å². The van der Waals surface area contributed by atoms with Crippen LogP contribution in [-0.4, -0.2) is 16.5 Å². The van der Waals surface area contributed by atoms with Gasteiger partial charge in [0, 0.05) is 29.8 Å². The van der Waals surface area contributed by atoms with E-state index < -0.39 is 0 Å². The van der Waals surface area contributed by atoms with Gasteiger partial charge in [0.1, 0.15) is 5.82 Å². The molecule has 1 aliphatic rings. The van der Waals surface area contributed by atoms with Crippen molar-refractivity contribution in [1.29, 1.82) is 0 Å². The molecule has 3 heteroatoms. The van der Waals surface area contributed by atoms with Crippen molar-refractivity contribution < 1.29 is 0 Å². The van der Waals surface area contributed by atoms with E-state index in [2.05, 4.69) is 24.9 Å². The van der Waals surface area contributed by atoms with E-state index in [9.17, 15) is 0 Å². The Morgan fingerprint density at radius 2 is 2.06 bits per heavy atom. The van der Waals surface area contributed by atoms with E-state index in [4.69, 9.17) is 10.7 Å². The first-order valence-electron chi connectivity index (χ1n) is 6.80. The summed E-state index contributed by atoms with van der Waals surface area (Å²) in [5, 5.41) is 0. The predicted molar refractivity (Wildman–Crippen MR) is 70.1 cm³/mol. The first-order chi connectivity index (χ1) is 8.24. The van der Waals surface area contributed by atoms with E-state index in [1.54, 1.807) is 0 Å². The van der Waals surface area contributed by atoms with Crippen LogP contribution in [0.3, 0.4) is 0 Å². The minimum Gasteiger partial charge on any atom is -0.330 e. The van der Waals surface area contributed by atoms with Crippen molar-refractivity contribution in [3.05, 3.63) is 23.3 Å². The van der Waals surface area contributed by atoms with E-state index in [0.29, 0.717) is 18.4 Å². The Morgan fingerprint density at radius 3 is 2.65 bits per heavy atom. The Labute approximate surface area is 104 Å². The first-order valence-corrected chi connectivity index (χ1v) is 6.80. The number of hydrogen-bond donors (Lipinski definition) is 1. The molecule has 3 nitrogen and oxygen atoms in total. The third-order valence-electron chi connectivity index (χ3n) is 3.81. The molecule has 1 aromatic rings. The highest BCUT2D eigenvalue weighted by Crippen LogP contribution is 2.33. The summed E-state index contributed by atoms with van der Waals surface area (Å²) >= 11 is 0. The summed E-state index contributed by atoms with van der Waals surface area (Å²) in [6, 6.07) is 2.16. The van der Waals surface area contributed by atoms with Crippen molar-refractivity contribution in [1.82, 2.24) is 9.97 Å². The third-order valence-corrected chi connectivity index (χ3v) is 3.81. The van der Waals surface area contributed by atoms with Crippen molar-refractivity contribution in [2.24, 2.45) is 5.73 Å². The van der Waals surface area contributed by atoms with E-state index in [1.165, 1.54) is 31.4 Å². The topological polar surface area (TPSA) is 51.8 Å². The Balaban J connectivity index is 2.27. The van der Waals surface area contributed by atoms with Gasteiger partial charge in [0.05, 0.1) is 0 Å². The molecule has 2 rings (SSSR count). The second-order valence-electron chi connectivity index (χ2n) is 5.11. The van der Waals surface area contributed by atoms with E-state index in [1.807, 2.05) is 0 Å². The normalized spacial score (nSPS) is 18.5. The SMILES string of the molecule is CCC(CN)c1nc(C)cc(C2CCCC2)n1. The first kappa shape index (κ1) is 12.5. The predicted octanol–water partition coefficient (Wildman–Crippen LogP) is 2.89. The standard InChI is InChI=1S/C14H23N3/c1-3-11(9-15)14-16-10(2)8-13(17-14)12-6-4-5-7-12/h8,11-12H,3-7,9,15H2,1-2H3. The average Bonchev–Trinajstić information content (AvgIpc) is 2.83. The summed E-state index contributed by atoms with van der Waals surface area (Å²) in [6.07, 6.45) is 6.28. The molecule has 0 saturated heterocycles. The van der Waals surface area contributed by atoms with Gasteiger partial charge < -0.3 is 5.73 Å². The minimum atomic E-state index is 0.315. The maximum absolute atomic E-state index is 5.79. The van der Waals surface area contributed by atoms with Gasteiger partial charge >= 0.3 is 0 Å². The number of aromatic nitrogens is 2. The number of hydrogen-bond acceptors (Lipinski definition) is 3. The Kier molecular flexibility index (Phi) is 4.11. The van der Waals surface area contributed by atoms with Crippen LogP contribution in [0.5, 0.6) is 0 Å². The highest BCUT2D eigenvalue weighted by molar-refractivity contribution is 5.17. The summed E-state index contributed by atoms with van der Waals surface area (Å²) in [5.41, 5.74) is 8.12. The maximum Gasteiger partial charge on any atom is 0.133 e. The van der Waals surface area contributed by atoms with Gasteiger partial charge in [-0.05, 0) is 32.3 Å². The van der Waals surface area contributed by atoms with Gasteiger partial charge in [0.25, 0.3) is 0 Å². The third kappa shape index (κ3) is 2.83. The summed E-state index contributed by atoms with van der Waals surface area (Å²) in [6.45, 7) is 4.86. The van der Waals surface area contributed by atoms with Gasteiger partial charge in [-0.3, -0.25) is 0 Å². The minimum absolute atomic E-state index is 0.315. The quantitative estimate of drug-likeness (QED) is 0.870. The summed E-state index contributed by atoms with van der Waals surface area (Å²) in [4.78, 5) is 9.32. The Bertz CT molecular complexity index is 345. The lowest BCUT2D eigenvalue weighted by Crippen LogP contribution is -2.16. The van der Waals surface area contributed by atoms with Crippen molar-refractivity contribution in [3.63, 3.8) is 0 Å². The van der Waals surface area contributed by atoms with Crippen LogP contribution in [0.2, 0.25) is 0 Å². The molecule has 1 saturated carbocycles. The van der Waals surface area contributed by atoms with Gasteiger partial charge in [-0.25, -0.2) is 9.97 Å². The summed E-state index contributed by atoms with van der Waals surface area (Å²) < 4.78 is 0. The zero-order valence-electron chi connectivity index (χ0n) is 10.9. The number of rotatable bonds is 4. The molecule has 0 aliphatic heterocycles. The fourth-order valence-electron chi connectivity index (χ4n) is 2.68. The van der Waals surface area contributed by atoms with Crippen LogP contribution in [0.15, 0.2) is 6.07 Å². The van der Waals surface area contributed by atoms with Crippen LogP contribution in [0.25, 0.3) is 0 Å². The molecule has 0 radical (unpaired) electrons. The number of nitrogens with zero attached hydrogens (tertiary/aromatic N) is 2. The van der Waals surface area contributed by atoms with Crippen LogP contribution in [0.4, 0.5) is 0 Å². The molecule has 1 aliphatic carbocycles. The molecule has 0 aromatic carbocycles. The number of aryl methyl sites for hydroxylation is 1. The monoisotopic (exact) mass is 233 g/mol. The molecule has 2 N–H and O–H groups in total. The van der Waals surface area contributed by atoms with E-state index in [0.717, 1.165) is 17.9 Å². The Morgan fingerprint density at radius 1 is 1.35 bits per heavy atom. The molecule has 1 unspecified atom stereocenters. The molecule has 1 aromatic heterocycles. The van der Waals surface area contributed by atoms with Crippen LogP contribution in [0.1, 0.15) is 68.1 Å². The van der Waals surface area contributed by atoms with Crippen molar-refractivity contribution >= 4 is 0 Å². The van der Waals surface area contributed by atoms with Crippen LogP contribution >= 0.6 is 0 Å². The molecule has 0 amide bonds. The van der Waals surface area contributed by atoms with Gasteiger partial charge in [0.15, 0.2) is 0 Å². The largest absolute Gasteiger partial charge is 0.330 e. The number of nitrogens with two attached hydrogens (primary N) is 1. The van der Waals surface area contributed by atoms with Crippen molar-refractivity contribution in [2.45, 2.75) is 57.8 Å². The maximum atomic E-state index is 5.79. The molecule has 1 atom stereocenters. The lowest BCUT2D eigenvalue weighted by atomic mass is 10.0. The highest BCUT2D eigenvalue weighted by atomic mass is 14.9. The van der Waals surface area contributed by atoms with Gasteiger partial charge in [0.2, 0.25) is 0 Å². The second kappa shape index (κ2) is 5.58. The van der Waals surface area contributed by atoms with Crippen LogP contribution < -0.4 is 5.73 Å². The molecule has 1 fully saturated rings. The van der Waals surface area contributed by atoms with Crippen molar-refractivity contribution in [3.8, 4) is 0 Å². The Hall–Kier alpha value is -0.960. The molecular weight excluding hydrogens is 210 g/mol. The molecule has 17 heavy (non-hydrogen) atoms. The van der Waals surface area contributed by atoms with Gasteiger partial charge in [-0.15, -0.1) is 0 Å². The van der Waals surface area contributed by atoms with Gasteiger partial charge in [-0.2, -0.15) is 0 Å². The summed E-state index contributed by atoms with van der Waals surface area (Å²) in [7, 11) is 0. The van der Waals surface area contributed by atoms with E-state index in [-0.39, 0.29) is 0 Å². The van der Waals surface area contributed by atoms with Gasteiger partial charge in [-0.1, -0.05) is 19.8 Å². The average molecular weight is 233 g/mol. The molecule has 0 bridgehead atoms. The smallest absolute Gasteiger partial charge is 0.133 e. The zero-order chi connectivity index (χ0) is 12.3. The molecule has 94 valence electrons. The highest BCUT2D eigenvalue weighted by Gasteiger charge is 2.20. The molecule has 1 heterocycles. The second-order valence-corrected chi connectivity index (χ2v) is 5.11. The van der Waals surface area contributed by atoms with Crippen LogP contribution in [-0.2, 0) is 0 Å². The van der Waals surface area contributed by atoms with Crippen LogP contribution in [0, 0.1) is 6.92 Å². The lowest BCUT2D eigenvalue weighted by Gasteiger charge is -2.15.